The van der Waals surface area contributed by atoms with E-state index in [0.717, 1.165) is 5.56 Å². The van der Waals surface area contributed by atoms with Crippen LogP contribution in [0.4, 0.5) is 4.39 Å². The largest absolute Gasteiger partial charge is 0.458 e. The lowest BCUT2D eigenvalue weighted by molar-refractivity contribution is -0.172. The zero-order chi connectivity index (χ0) is 60.3. The van der Waals surface area contributed by atoms with E-state index in [9.17, 15) is 68.7 Å². The van der Waals surface area contributed by atoms with E-state index in [-0.39, 0.29) is 87.6 Å². The number of halogens is 1. The monoisotopic (exact) mass is 1150 g/mol. The lowest BCUT2D eigenvalue weighted by Crippen LogP contribution is -2.58. The molecule has 82 heavy (non-hydrogen) atoms. The Bertz CT molecular complexity index is 2960. The van der Waals surface area contributed by atoms with Gasteiger partial charge >= 0.3 is 5.97 Å². The second kappa shape index (κ2) is 28.5. The van der Waals surface area contributed by atoms with Gasteiger partial charge in [0.15, 0.2) is 5.60 Å². The smallest absolute Gasteiger partial charge is 0.343 e. The highest BCUT2D eigenvalue weighted by molar-refractivity contribution is 6.03. The van der Waals surface area contributed by atoms with E-state index in [4.69, 9.17) is 19.6 Å². The van der Waals surface area contributed by atoms with E-state index < -0.39 is 121 Å². The predicted octanol–water partition coefficient (Wildman–Crippen LogP) is -0.642. The van der Waals surface area contributed by atoms with Crippen LogP contribution in [0.25, 0.3) is 22.3 Å². The molecule has 0 radical (unpaired) electrons. The predicted molar refractivity (Wildman–Crippen MR) is 290 cm³/mol. The fraction of sp³-hybridized carbons (Fsp3) is 0.607. The van der Waals surface area contributed by atoms with Crippen molar-refractivity contribution < 1.29 is 82.9 Å². The molecule has 9 atom stereocenters. The van der Waals surface area contributed by atoms with Crippen molar-refractivity contribution >= 4 is 58.2 Å². The summed E-state index contributed by atoms with van der Waals surface area (Å²) < 4.78 is 27.8. The van der Waals surface area contributed by atoms with Crippen molar-refractivity contribution in [1.29, 1.82) is 0 Å². The number of cyclic esters (lactones) is 1. The molecule has 0 saturated carbocycles. The number of aliphatic hydroxyl groups is 6. The highest BCUT2D eigenvalue weighted by Crippen LogP contribution is 2.39. The van der Waals surface area contributed by atoms with E-state index in [1.165, 1.54) is 22.5 Å². The van der Waals surface area contributed by atoms with Gasteiger partial charge in [-0.15, -0.1) is 0 Å². The molecule has 25 nitrogen and oxygen atoms in total. The number of benzene rings is 1. The minimum atomic E-state index is -1.99. The third-order valence-electron chi connectivity index (χ3n) is 15.4. The standard InChI is InChI=1S/C56H77FN8O17/c1-7-56(80)36-21-40-47-32(24-65(40)54(78)35(36)26-82-55(56)79)20-34-33(30(5)37(57)22-39(34)62-47)13-10-12-18-81-27-59-50(74)31(6)60-52(76)46(28(2)3)63-51(75)38(15-16-43(69)58-23-41(67)48(72)49(73)42(68)25-66)61-44(70)14-9-8-11-17-64-45(71)19-29(4)53(64)77/h20-22,28-29,31,38,41-42,46,48-49,66-68,72-73,80H,7-19,23-27H2,1-6H3,(H,58,69)(H,59,74)(H,60,76)(H,61,70)(H,63,75)/t29?,31-,38-,41-,42+,46-,48+,49+,56-/m0/s1. The van der Waals surface area contributed by atoms with Gasteiger partial charge in [0.05, 0.1) is 41.7 Å². The van der Waals surface area contributed by atoms with Gasteiger partial charge in [-0.2, -0.15) is 0 Å². The number of pyridine rings is 2. The summed E-state index contributed by atoms with van der Waals surface area (Å²) in [5.41, 5.74) is 1.07. The number of esters is 1. The molecular formula is C56H77FN8O17. The van der Waals surface area contributed by atoms with Crippen molar-refractivity contribution in [2.45, 2.75) is 173 Å². The molecule has 6 rings (SSSR count). The van der Waals surface area contributed by atoms with E-state index in [2.05, 4.69) is 26.6 Å². The maximum absolute atomic E-state index is 15.4. The number of rotatable bonds is 30. The van der Waals surface area contributed by atoms with E-state index >= 15 is 4.39 Å². The van der Waals surface area contributed by atoms with Gasteiger partial charge < -0.3 is 71.3 Å². The molecule has 0 aliphatic carbocycles. The molecule has 1 aromatic carbocycles. The number of nitrogens with zero attached hydrogens (tertiary/aromatic N) is 3. The van der Waals surface area contributed by atoms with Crippen molar-refractivity contribution in [1.82, 2.24) is 41.0 Å². The number of unbranched alkanes of at least 4 members (excludes halogenated alkanes) is 3. The van der Waals surface area contributed by atoms with Crippen LogP contribution in [0.1, 0.15) is 127 Å². The minimum Gasteiger partial charge on any atom is -0.458 e. The average Bonchev–Trinajstić information content (AvgIpc) is 4.14. The second-order valence-electron chi connectivity index (χ2n) is 21.7. The summed E-state index contributed by atoms with van der Waals surface area (Å²) >= 11 is 0. The number of amides is 7. The van der Waals surface area contributed by atoms with Crippen LogP contribution in [-0.4, -0.2) is 168 Å². The van der Waals surface area contributed by atoms with Crippen molar-refractivity contribution in [3.05, 3.63) is 62.2 Å². The van der Waals surface area contributed by atoms with Crippen molar-refractivity contribution in [3.8, 4) is 11.4 Å². The number of aliphatic hydroxyl groups excluding tert-OH is 5. The van der Waals surface area contributed by atoms with Gasteiger partial charge in [0.1, 0.15) is 55.6 Å². The van der Waals surface area contributed by atoms with Gasteiger partial charge in [-0.25, -0.2) is 14.2 Å². The Balaban J connectivity index is 0.984. The molecule has 0 spiro atoms. The first-order valence-corrected chi connectivity index (χ1v) is 27.8. The first-order chi connectivity index (χ1) is 38.8. The number of carbonyl (C=O) groups is 8. The molecule has 450 valence electrons. The normalized spacial score (nSPS) is 19.1. The zero-order valence-electron chi connectivity index (χ0n) is 47.0. The molecule has 7 amide bonds. The highest BCUT2D eigenvalue weighted by Gasteiger charge is 2.45. The fourth-order valence-electron chi connectivity index (χ4n) is 10.2. The Morgan fingerprint density at radius 3 is 2.27 bits per heavy atom. The molecule has 1 unspecified atom stereocenters. The summed E-state index contributed by atoms with van der Waals surface area (Å²) in [6, 6.07) is 1.09. The molecule has 5 heterocycles. The third-order valence-corrected chi connectivity index (χ3v) is 15.4. The maximum Gasteiger partial charge on any atom is 0.343 e. The SMILES string of the molecule is CC[C@@]1(O)C(=O)OCc2c1cc1n(c2=O)Cc2cc3c(CCCCOCNC(=O)[C@H](C)NC(=O)[C@@H](NC(=O)[C@H](CCC(=O)NC[C@H](O)[C@@H](O)[C@H](O)[C@H](O)CO)NC(=O)CCCCCN4C(=O)CC(C)C4=O)C(C)C)c(C)c(F)cc3nc2-1. The summed E-state index contributed by atoms with van der Waals surface area (Å²) in [7, 11) is 0. The molecular weight excluding hydrogens is 1080 g/mol. The number of ether oxygens (including phenoxy) is 2. The Morgan fingerprint density at radius 1 is 0.878 bits per heavy atom. The van der Waals surface area contributed by atoms with Crippen LogP contribution < -0.4 is 32.1 Å². The topological polar surface area (TPSA) is 375 Å². The summed E-state index contributed by atoms with van der Waals surface area (Å²) in [6.07, 6.45) is -5.36. The number of nitrogens with one attached hydrogen (secondary N) is 5. The Hall–Kier alpha value is -6.81. The van der Waals surface area contributed by atoms with Gasteiger partial charge in [-0.05, 0) is 88.0 Å². The molecule has 26 heteroatoms. The fourth-order valence-corrected chi connectivity index (χ4v) is 10.2. The third kappa shape index (κ3) is 15.1. The number of imide groups is 1. The van der Waals surface area contributed by atoms with Gasteiger partial charge in [0, 0.05) is 67.5 Å². The first-order valence-electron chi connectivity index (χ1n) is 27.8. The summed E-state index contributed by atoms with van der Waals surface area (Å²) in [6.45, 7) is 8.25. The number of likely N-dealkylation sites (tertiary alicyclic amines) is 1. The lowest BCUT2D eigenvalue weighted by Gasteiger charge is -2.31. The molecule has 1 saturated heterocycles. The van der Waals surface area contributed by atoms with Crippen LogP contribution >= 0.6 is 0 Å². The summed E-state index contributed by atoms with van der Waals surface area (Å²) in [5, 5.41) is 73.5. The Labute approximate surface area is 472 Å². The molecule has 11 N–H and O–H groups in total. The number of hydrogen-bond donors (Lipinski definition) is 11. The van der Waals surface area contributed by atoms with E-state index in [1.807, 2.05) is 6.07 Å². The molecule has 2 aromatic heterocycles. The van der Waals surface area contributed by atoms with Crippen LogP contribution in [0.15, 0.2) is 23.0 Å². The van der Waals surface area contributed by atoms with Crippen LogP contribution in [0.5, 0.6) is 0 Å². The molecule has 0 bridgehead atoms. The van der Waals surface area contributed by atoms with Gasteiger partial charge in [-0.3, -0.25) is 43.3 Å². The number of aryl methyl sites for hydroxylation is 1. The molecule has 1 fully saturated rings. The van der Waals surface area contributed by atoms with Crippen LogP contribution in [0.2, 0.25) is 0 Å². The van der Waals surface area contributed by atoms with E-state index in [1.54, 1.807) is 40.7 Å². The Morgan fingerprint density at radius 2 is 1.60 bits per heavy atom. The number of hydrogen-bond acceptors (Lipinski definition) is 18. The van der Waals surface area contributed by atoms with Crippen molar-refractivity contribution in [2.75, 3.05) is 33.0 Å². The van der Waals surface area contributed by atoms with Gasteiger partial charge in [-0.1, -0.05) is 34.1 Å². The van der Waals surface area contributed by atoms with Crippen LogP contribution in [-0.2, 0) is 73.0 Å². The van der Waals surface area contributed by atoms with Gasteiger partial charge in [0.25, 0.3) is 5.56 Å². The Kier molecular flexibility index (Phi) is 22.3. The number of carbonyl (C=O) groups excluding carboxylic acids is 8. The average molecular weight is 1150 g/mol. The quantitative estimate of drug-likeness (QED) is 0.0134. The summed E-state index contributed by atoms with van der Waals surface area (Å²) in [5.74, 6) is -6.27. The summed E-state index contributed by atoms with van der Waals surface area (Å²) in [4.78, 5) is 123. The first kappa shape index (κ1) is 64.4. The number of aromatic nitrogens is 2. The molecule has 3 aliphatic rings. The number of fused-ring (bicyclic) bond motifs is 5. The van der Waals surface area contributed by atoms with Crippen LogP contribution in [0.3, 0.4) is 0 Å². The minimum absolute atomic E-state index is 0.00964. The highest BCUT2D eigenvalue weighted by atomic mass is 19.1. The zero-order valence-corrected chi connectivity index (χ0v) is 47.0. The van der Waals surface area contributed by atoms with Crippen molar-refractivity contribution in [3.63, 3.8) is 0 Å². The molecule has 3 aromatic rings. The van der Waals surface area contributed by atoms with Crippen molar-refractivity contribution in [2.24, 2.45) is 11.8 Å². The second-order valence-corrected chi connectivity index (χ2v) is 21.7. The van der Waals surface area contributed by atoms with Crippen LogP contribution in [0, 0.1) is 24.6 Å². The van der Waals surface area contributed by atoms with Gasteiger partial charge in [0.2, 0.25) is 41.4 Å². The maximum atomic E-state index is 15.4. The van der Waals surface area contributed by atoms with E-state index in [0.29, 0.717) is 71.9 Å². The molecule has 3 aliphatic heterocycles. The lowest BCUT2D eigenvalue weighted by atomic mass is 9.86.